The normalized spacial score (nSPS) is 14.9. The van der Waals surface area contributed by atoms with E-state index >= 15 is 0 Å². The Kier molecular flexibility index (Phi) is 4.55. The smallest absolute Gasteiger partial charge is 0.137 e. The van der Waals surface area contributed by atoms with Crippen molar-refractivity contribution >= 4 is 8.07 Å². The maximum atomic E-state index is 13.1. The van der Waals surface area contributed by atoms with Gasteiger partial charge in [0, 0.05) is 6.23 Å². The molecule has 1 heterocycles. The molecule has 1 aromatic carbocycles. The van der Waals surface area contributed by atoms with Gasteiger partial charge >= 0.3 is 0 Å². The number of benzene rings is 1. The first-order valence-corrected chi connectivity index (χ1v) is 10.2. The summed E-state index contributed by atoms with van der Waals surface area (Å²) in [5, 5.41) is 24.7. The zero-order chi connectivity index (χ0) is 15.5. The largest absolute Gasteiger partial charge is 0.400 e. The van der Waals surface area contributed by atoms with E-state index in [1.54, 1.807) is 16.8 Å². The highest BCUT2D eigenvalue weighted by atomic mass is 28.3. The van der Waals surface area contributed by atoms with Gasteiger partial charge in [-0.15, -0.1) is 0 Å². The van der Waals surface area contributed by atoms with Crippen LogP contribution < -0.4 is 0 Å². The molecule has 5 nitrogen and oxygen atoms in total. The molecule has 0 radical (unpaired) electrons. The number of hydrogen-bond acceptors (Lipinski definition) is 4. The van der Waals surface area contributed by atoms with Crippen LogP contribution >= 0.6 is 0 Å². The Labute approximate surface area is 124 Å². The first kappa shape index (κ1) is 15.8. The number of aliphatic hydroxyl groups is 2. The molecule has 2 aromatic rings. The van der Waals surface area contributed by atoms with Crippen LogP contribution in [-0.2, 0) is 12.1 Å². The molecule has 0 aliphatic heterocycles. The third kappa shape index (κ3) is 3.96. The summed E-state index contributed by atoms with van der Waals surface area (Å²) < 4.78 is 14.7. The van der Waals surface area contributed by atoms with Gasteiger partial charge < -0.3 is 10.2 Å². The van der Waals surface area contributed by atoms with E-state index in [4.69, 9.17) is 0 Å². The van der Waals surface area contributed by atoms with Crippen molar-refractivity contribution in [2.45, 2.75) is 31.3 Å². The van der Waals surface area contributed by atoms with Gasteiger partial charge in [0.05, 0.1) is 14.6 Å². The van der Waals surface area contributed by atoms with Crippen molar-refractivity contribution in [3.8, 4) is 0 Å². The molecule has 7 heteroatoms. The highest BCUT2D eigenvalue weighted by Crippen LogP contribution is 2.32. The Morgan fingerprint density at radius 3 is 2.48 bits per heavy atom. The zero-order valence-corrected chi connectivity index (χ0v) is 13.2. The predicted molar refractivity (Wildman–Crippen MR) is 79.7 cm³/mol. The molecule has 0 aliphatic rings. The molecule has 1 aromatic heterocycles. The number of rotatable bonds is 6. The molecule has 2 rings (SSSR count). The fourth-order valence-corrected chi connectivity index (χ4v) is 4.45. The van der Waals surface area contributed by atoms with E-state index in [9.17, 15) is 14.6 Å². The Hall–Kier alpha value is -1.57. The lowest BCUT2D eigenvalue weighted by Gasteiger charge is -2.34. The van der Waals surface area contributed by atoms with Gasteiger partial charge in [-0.05, 0) is 23.7 Å². The lowest BCUT2D eigenvalue weighted by molar-refractivity contribution is 0.0323. The molecule has 114 valence electrons. The third-order valence-corrected chi connectivity index (χ3v) is 5.87. The van der Waals surface area contributed by atoms with E-state index in [0.29, 0.717) is 11.6 Å². The summed E-state index contributed by atoms with van der Waals surface area (Å²) in [7, 11) is -1.99. The Bertz CT molecular complexity index is 574. The second-order valence-electron chi connectivity index (χ2n) is 6.13. The number of halogens is 1. The Balaban J connectivity index is 2.35. The first-order valence-electron chi connectivity index (χ1n) is 6.76. The Morgan fingerprint density at radius 2 is 1.95 bits per heavy atom. The number of aromatic nitrogens is 3. The van der Waals surface area contributed by atoms with Crippen LogP contribution in [0.2, 0.25) is 19.1 Å². The summed E-state index contributed by atoms with van der Waals surface area (Å²) in [5.74, 6) is -0.347. The van der Waals surface area contributed by atoms with Crippen LogP contribution in [0.25, 0.3) is 0 Å². The van der Waals surface area contributed by atoms with E-state index in [1.807, 2.05) is 13.1 Å². The van der Waals surface area contributed by atoms with E-state index in [-0.39, 0.29) is 18.6 Å². The standard InChI is InChI=1S/C14H20FN3O2Si/c1-21(2,11-19)8-14(20,7-18-10-16-9-17-18)12-3-5-13(15)6-4-12/h3-6,9-10,19-20H,7-8,11H2,1-2H3. The molecule has 0 spiro atoms. The minimum absolute atomic E-state index is 0.0772. The second kappa shape index (κ2) is 6.04. The third-order valence-electron chi connectivity index (χ3n) is 3.47. The van der Waals surface area contributed by atoms with E-state index in [1.165, 1.54) is 24.8 Å². The van der Waals surface area contributed by atoms with Gasteiger partial charge in [0.2, 0.25) is 0 Å². The minimum Gasteiger partial charge on any atom is -0.400 e. The number of hydrogen-bond donors (Lipinski definition) is 2. The van der Waals surface area contributed by atoms with Crippen molar-refractivity contribution < 1.29 is 14.6 Å². The van der Waals surface area contributed by atoms with Gasteiger partial charge in [0.1, 0.15) is 24.1 Å². The predicted octanol–water partition coefficient (Wildman–Crippen LogP) is 1.54. The van der Waals surface area contributed by atoms with Crippen molar-refractivity contribution in [2.75, 3.05) is 6.23 Å². The van der Waals surface area contributed by atoms with Gasteiger partial charge in [-0.3, -0.25) is 0 Å². The summed E-state index contributed by atoms with van der Waals surface area (Å²) in [6.07, 6.45) is 3.01. The molecule has 0 aliphatic carbocycles. The summed E-state index contributed by atoms with van der Waals surface area (Å²) >= 11 is 0. The SMILES string of the molecule is C[Si](C)(CO)CC(O)(Cn1cncn1)c1ccc(F)cc1. The molecule has 0 fully saturated rings. The van der Waals surface area contributed by atoms with Crippen molar-refractivity contribution in [1.29, 1.82) is 0 Å². The van der Waals surface area contributed by atoms with Crippen LogP contribution in [0, 0.1) is 5.82 Å². The van der Waals surface area contributed by atoms with Crippen LogP contribution in [0.15, 0.2) is 36.9 Å². The molecular formula is C14H20FN3O2Si. The summed E-state index contributed by atoms with van der Waals surface area (Å²) in [5.41, 5.74) is -0.590. The molecule has 0 saturated carbocycles. The quantitative estimate of drug-likeness (QED) is 0.794. The van der Waals surface area contributed by atoms with Crippen LogP contribution in [0.3, 0.4) is 0 Å². The molecule has 1 unspecified atom stereocenters. The average molecular weight is 309 g/mol. The monoisotopic (exact) mass is 309 g/mol. The van der Waals surface area contributed by atoms with Crippen LogP contribution in [0.1, 0.15) is 5.56 Å². The molecule has 0 saturated heterocycles. The molecule has 0 bridgehead atoms. The van der Waals surface area contributed by atoms with Crippen LogP contribution in [0.5, 0.6) is 0 Å². The summed E-state index contributed by atoms with van der Waals surface area (Å²) in [4.78, 5) is 3.87. The topological polar surface area (TPSA) is 71.2 Å². The lowest BCUT2D eigenvalue weighted by Crippen LogP contribution is -2.43. The summed E-state index contributed by atoms with van der Waals surface area (Å²) in [6, 6.07) is 6.26. The van der Waals surface area contributed by atoms with Crippen LogP contribution in [-0.4, -0.2) is 39.3 Å². The van der Waals surface area contributed by atoms with Crippen molar-refractivity contribution in [2.24, 2.45) is 0 Å². The number of nitrogens with zero attached hydrogens (tertiary/aromatic N) is 3. The second-order valence-corrected chi connectivity index (χ2v) is 11.1. The van der Waals surface area contributed by atoms with E-state index < -0.39 is 13.7 Å². The van der Waals surface area contributed by atoms with Gasteiger partial charge in [0.25, 0.3) is 0 Å². The molecule has 1 atom stereocenters. The zero-order valence-electron chi connectivity index (χ0n) is 12.2. The molecule has 0 amide bonds. The van der Waals surface area contributed by atoms with Gasteiger partial charge in [0.15, 0.2) is 0 Å². The van der Waals surface area contributed by atoms with Gasteiger partial charge in [-0.1, -0.05) is 25.2 Å². The highest BCUT2D eigenvalue weighted by Gasteiger charge is 2.37. The fraction of sp³-hybridized carbons (Fsp3) is 0.429. The average Bonchev–Trinajstić information content (AvgIpc) is 2.91. The van der Waals surface area contributed by atoms with Gasteiger partial charge in [-0.25, -0.2) is 14.1 Å². The molecule has 2 N–H and O–H groups in total. The number of aliphatic hydroxyl groups excluding tert-OH is 1. The van der Waals surface area contributed by atoms with Crippen LogP contribution in [0.4, 0.5) is 4.39 Å². The van der Waals surface area contributed by atoms with Crippen molar-refractivity contribution in [3.05, 3.63) is 48.3 Å². The highest BCUT2D eigenvalue weighted by molar-refractivity contribution is 6.77. The maximum absolute atomic E-state index is 13.1. The lowest BCUT2D eigenvalue weighted by atomic mass is 9.96. The summed E-state index contributed by atoms with van der Waals surface area (Å²) in [6.45, 7) is 4.22. The minimum atomic E-state index is -1.99. The maximum Gasteiger partial charge on any atom is 0.137 e. The van der Waals surface area contributed by atoms with E-state index in [0.717, 1.165) is 0 Å². The Morgan fingerprint density at radius 1 is 1.29 bits per heavy atom. The first-order chi connectivity index (χ1) is 9.85. The fourth-order valence-electron chi connectivity index (χ4n) is 2.44. The molecule has 21 heavy (non-hydrogen) atoms. The van der Waals surface area contributed by atoms with E-state index in [2.05, 4.69) is 10.1 Å². The van der Waals surface area contributed by atoms with Crippen molar-refractivity contribution in [3.63, 3.8) is 0 Å². The van der Waals surface area contributed by atoms with Gasteiger partial charge in [-0.2, -0.15) is 5.10 Å². The molecular weight excluding hydrogens is 289 g/mol. The van der Waals surface area contributed by atoms with Crippen molar-refractivity contribution in [1.82, 2.24) is 14.8 Å².